The lowest BCUT2D eigenvalue weighted by Crippen LogP contribution is -2.21. The van der Waals surface area contributed by atoms with E-state index >= 15 is 0 Å². The monoisotopic (exact) mass is 360 g/mol. The first-order valence-corrected chi connectivity index (χ1v) is 9.89. The summed E-state index contributed by atoms with van der Waals surface area (Å²) in [5, 5.41) is 5.42. The normalized spacial score (nSPS) is 11.4. The van der Waals surface area contributed by atoms with Crippen LogP contribution in [0.1, 0.15) is 25.0 Å². The van der Waals surface area contributed by atoms with Crippen molar-refractivity contribution in [2.24, 2.45) is 0 Å². The molecule has 0 aromatic heterocycles. The number of hydrogen-bond donors (Lipinski definition) is 2. The number of amides is 1. The van der Waals surface area contributed by atoms with Crippen molar-refractivity contribution in [1.29, 1.82) is 0 Å². The van der Waals surface area contributed by atoms with Gasteiger partial charge < -0.3 is 10.6 Å². The summed E-state index contributed by atoms with van der Waals surface area (Å²) < 4.78 is 24.0. The number of rotatable bonds is 7. The smallest absolute Gasteiger partial charge is 0.243 e. The fraction of sp³-hybridized carbons (Fsp3) is 0.316. The van der Waals surface area contributed by atoms with Crippen LogP contribution in [0.2, 0.25) is 0 Å². The van der Waals surface area contributed by atoms with E-state index < -0.39 is 15.1 Å². The Kier molecular flexibility index (Phi) is 6.20. The molecule has 2 aromatic carbocycles. The third-order valence-corrected chi connectivity index (χ3v) is 5.97. The highest BCUT2D eigenvalue weighted by Gasteiger charge is 2.16. The van der Waals surface area contributed by atoms with Crippen molar-refractivity contribution in [1.82, 2.24) is 0 Å². The van der Waals surface area contributed by atoms with Gasteiger partial charge in [-0.1, -0.05) is 29.8 Å². The van der Waals surface area contributed by atoms with E-state index in [1.165, 1.54) is 0 Å². The quantitative estimate of drug-likeness (QED) is 0.794. The van der Waals surface area contributed by atoms with Crippen LogP contribution in [0.5, 0.6) is 0 Å². The number of sulfone groups is 1. The van der Waals surface area contributed by atoms with Crippen molar-refractivity contribution in [3.05, 3.63) is 59.7 Å². The number of carbonyl (C=O) groups excluding carboxylic acids is 1. The molecule has 0 aliphatic heterocycles. The number of nitrogens with one attached hydrogen (secondary N) is 2. The van der Waals surface area contributed by atoms with Gasteiger partial charge in [-0.2, -0.15) is 0 Å². The second-order valence-electron chi connectivity index (χ2n) is 6.32. The lowest BCUT2D eigenvalue weighted by Gasteiger charge is -2.11. The van der Waals surface area contributed by atoms with E-state index in [-0.39, 0.29) is 18.2 Å². The highest BCUT2D eigenvalue weighted by Crippen LogP contribution is 2.16. The average Bonchev–Trinajstić information content (AvgIpc) is 2.55. The molecule has 1 amide bonds. The van der Waals surface area contributed by atoms with Gasteiger partial charge >= 0.3 is 0 Å². The first kappa shape index (κ1) is 19.0. The Hall–Kier alpha value is -2.34. The van der Waals surface area contributed by atoms with Gasteiger partial charge in [-0.25, -0.2) is 8.42 Å². The maximum atomic E-state index is 12.0. The van der Waals surface area contributed by atoms with Gasteiger partial charge in [0.05, 0.1) is 17.5 Å². The largest absolute Gasteiger partial charge is 0.376 e. The Morgan fingerprint density at radius 1 is 1.04 bits per heavy atom. The molecular weight excluding hydrogens is 336 g/mol. The van der Waals surface area contributed by atoms with Crippen molar-refractivity contribution in [3.63, 3.8) is 0 Å². The third-order valence-electron chi connectivity index (χ3n) is 3.80. The summed E-state index contributed by atoms with van der Waals surface area (Å²) in [6.07, 6.45) is 0. The molecular formula is C19H24N2O3S. The number of hydrogen-bond acceptors (Lipinski definition) is 4. The maximum absolute atomic E-state index is 12.0. The van der Waals surface area contributed by atoms with E-state index in [0.29, 0.717) is 5.56 Å². The lowest BCUT2D eigenvalue weighted by molar-refractivity contribution is -0.114. The molecule has 0 saturated carbocycles. The second kappa shape index (κ2) is 8.16. The molecule has 0 unspecified atom stereocenters. The summed E-state index contributed by atoms with van der Waals surface area (Å²) in [5.41, 5.74) is 3.30. The molecule has 25 heavy (non-hydrogen) atoms. The molecule has 0 heterocycles. The minimum Gasteiger partial charge on any atom is -0.376 e. The van der Waals surface area contributed by atoms with Gasteiger partial charge in [-0.3, -0.25) is 4.79 Å². The fourth-order valence-corrected chi connectivity index (χ4v) is 3.17. The van der Waals surface area contributed by atoms with Gasteiger partial charge in [0, 0.05) is 11.4 Å². The Bertz CT molecular complexity index is 828. The van der Waals surface area contributed by atoms with Crippen LogP contribution in [-0.2, 0) is 20.4 Å². The Balaban J connectivity index is 1.93. The van der Waals surface area contributed by atoms with Gasteiger partial charge in [-0.15, -0.1) is 0 Å². The van der Waals surface area contributed by atoms with Crippen LogP contribution < -0.4 is 10.6 Å². The summed E-state index contributed by atoms with van der Waals surface area (Å²) in [7, 11) is -3.15. The first-order valence-electron chi connectivity index (χ1n) is 8.17. The molecule has 0 aliphatic carbocycles. The summed E-state index contributed by atoms with van der Waals surface area (Å²) >= 11 is 0. The van der Waals surface area contributed by atoms with E-state index in [2.05, 4.69) is 10.6 Å². The van der Waals surface area contributed by atoms with Crippen LogP contribution in [0, 0.1) is 6.92 Å². The summed E-state index contributed by atoms with van der Waals surface area (Å²) in [4.78, 5) is 12.0. The van der Waals surface area contributed by atoms with Gasteiger partial charge in [0.15, 0.2) is 9.84 Å². The van der Waals surface area contributed by atoms with Crippen molar-refractivity contribution < 1.29 is 13.2 Å². The SMILES string of the molecule is Cc1ccc(NC(=O)CNc2cccc(CS(=O)(=O)C(C)C)c2)cc1. The van der Waals surface area contributed by atoms with Crippen LogP contribution >= 0.6 is 0 Å². The van der Waals surface area contributed by atoms with Crippen LogP contribution in [0.4, 0.5) is 11.4 Å². The second-order valence-corrected chi connectivity index (χ2v) is 8.88. The molecule has 0 aliphatic rings. The Morgan fingerprint density at radius 2 is 1.72 bits per heavy atom. The van der Waals surface area contributed by atoms with Gasteiger partial charge in [-0.05, 0) is 50.6 Å². The van der Waals surface area contributed by atoms with Crippen molar-refractivity contribution in [2.75, 3.05) is 17.2 Å². The standard InChI is InChI=1S/C19H24N2O3S/c1-14(2)25(23,24)13-16-5-4-6-18(11-16)20-12-19(22)21-17-9-7-15(3)8-10-17/h4-11,14,20H,12-13H2,1-3H3,(H,21,22). The lowest BCUT2D eigenvalue weighted by atomic mass is 10.2. The Morgan fingerprint density at radius 3 is 2.36 bits per heavy atom. The molecule has 2 rings (SSSR count). The van der Waals surface area contributed by atoms with Crippen molar-refractivity contribution in [2.45, 2.75) is 31.8 Å². The minimum atomic E-state index is -3.15. The molecule has 5 nitrogen and oxygen atoms in total. The predicted octanol–water partition coefficient (Wildman–Crippen LogP) is 3.37. The number of carbonyl (C=O) groups is 1. The van der Waals surface area contributed by atoms with E-state index in [1.54, 1.807) is 32.0 Å². The number of benzene rings is 2. The molecule has 0 saturated heterocycles. The van der Waals surface area contributed by atoms with Gasteiger partial charge in [0.2, 0.25) is 5.91 Å². The maximum Gasteiger partial charge on any atom is 0.243 e. The molecule has 2 N–H and O–H groups in total. The van der Waals surface area contributed by atoms with Crippen LogP contribution in [0.25, 0.3) is 0 Å². The molecule has 0 radical (unpaired) electrons. The molecule has 0 fully saturated rings. The highest BCUT2D eigenvalue weighted by molar-refractivity contribution is 7.91. The van der Waals surface area contributed by atoms with Crippen LogP contribution in [0.3, 0.4) is 0 Å². The van der Waals surface area contributed by atoms with E-state index in [1.807, 2.05) is 37.3 Å². The zero-order chi connectivity index (χ0) is 18.4. The highest BCUT2D eigenvalue weighted by atomic mass is 32.2. The number of aryl methyl sites for hydroxylation is 1. The third kappa shape index (κ3) is 5.90. The van der Waals surface area contributed by atoms with E-state index in [9.17, 15) is 13.2 Å². The zero-order valence-corrected chi connectivity index (χ0v) is 15.6. The fourth-order valence-electron chi connectivity index (χ4n) is 2.19. The predicted molar refractivity (Wildman–Crippen MR) is 103 cm³/mol. The number of anilines is 2. The molecule has 6 heteroatoms. The molecule has 134 valence electrons. The van der Waals surface area contributed by atoms with Crippen LogP contribution in [-0.4, -0.2) is 26.1 Å². The summed E-state index contributed by atoms with van der Waals surface area (Å²) in [6.45, 7) is 5.44. The summed E-state index contributed by atoms with van der Waals surface area (Å²) in [6, 6.07) is 14.7. The molecule has 2 aromatic rings. The van der Waals surface area contributed by atoms with Gasteiger partial charge in [0.1, 0.15) is 0 Å². The first-order chi connectivity index (χ1) is 11.8. The van der Waals surface area contributed by atoms with E-state index in [4.69, 9.17) is 0 Å². The van der Waals surface area contributed by atoms with Crippen LogP contribution in [0.15, 0.2) is 48.5 Å². The molecule has 0 bridgehead atoms. The average molecular weight is 360 g/mol. The van der Waals surface area contributed by atoms with Gasteiger partial charge in [0.25, 0.3) is 0 Å². The molecule has 0 spiro atoms. The summed E-state index contributed by atoms with van der Waals surface area (Å²) in [5.74, 6) is -0.167. The topological polar surface area (TPSA) is 75.3 Å². The van der Waals surface area contributed by atoms with E-state index in [0.717, 1.165) is 16.9 Å². The van der Waals surface area contributed by atoms with Crippen molar-refractivity contribution >= 4 is 27.1 Å². The Labute approximate surface area is 149 Å². The zero-order valence-electron chi connectivity index (χ0n) is 14.7. The molecule has 0 atom stereocenters. The minimum absolute atomic E-state index is 0.00422. The van der Waals surface area contributed by atoms with Crippen molar-refractivity contribution in [3.8, 4) is 0 Å².